The summed E-state index contributed by atoms with van der Waals surface area (Å²) in [7, 11) is 0. The fourth-order valence-corrected chi connectivity index (χ4v) is 2.19. The Bertz CT molecular complexity index is 546. The molecular formula is C14H14N2OS. The van der Waals surface area contributed by atoms with E-state index in [2.05, 4.69) is 17.1 Å². The van der Waals surface area contributed by atoms with Crippen LogP contribution in [0.5, 0.6) is 0 Å². The van der Waals surface area contributed by atoms with Gasteiger partial charge in [-0.3, -0.25) is 9.36 Å². The molecule has 0 aliphatic rings. The summed E-state index contributed by atoms with van der Waals surface area (Å²) < 4.78 is 1.53. The fourth-order valence-electron chi connectivity index (χ4n) is 1.50. The lowest BCUT2D eigenvalue weighted by Crippen LogP contribution is -2.06. The van der Waals surface area contributed by atoms with Crippen molar-refractivity contribution in [2.75, 3.05) is 0 Å². The van der Waals surface area contributed by atoms with Crippen LogP contribution in [0.15, 0.2) is 54.3 Å². The van der Waals surface area contributed by atoms with E-state index in [1.165, 1.54) is 16.5 Å². The van der Waals surface area contributed by atoms with Crippen LogP contribution < -0.4 is 0 Å². The number of nitrogens with zero attached hydrogens (tertiary/aromatic N) is 2. The lowest BCUT2D eigenvalue weighted by molar-refractivity contribution is 0.0967. The molecule has 2 aromatic rings. The number of thioether (sulfide) groups is 1. The highest BCUT2D eigenvalue weighted by Gasteiger charge is 2.02. The number of carbonyl (C=O) groups is 1. The number of allylic oxidation sites excluding steroid dienone is 1. The van der Waals surface area contributed by atoms with Gasteiger partial charge in [-0.25, -0.2) is 4.98 Å². The molecule has 18 heavy (non-hydrogen) atoms. The van der Waals surface area contributed by atoms with Gasteiger partial charge in [-0.05, 0) is 17.9 Å². The first kappa shape index (κ1) is 12.6. The van der Waals surface area contributed by atoms with Gasteiger partial charge >= 0.3 is 0 Å². The number of hydrogen-bond donors (Lipinski definition) is 0. The molecule has 1 heterocycles. The molecule has 0 bridgehead atoms. The van der Waals surface area contributed by atoms with Crippen molar-refractivity contribution in [2.24, 2.45) is 0 Å². The molecule has 0 radical (unpaired) electrons. The Balaban J connectivity index is 1.85. The number of aryl methyl sites for hydroxylation is 1. The molecule has 4 heteroatoms. The molecule has 92 valence electrons. The first-order valence-electron chi connectivity index (χ1n) is 5.63. The van der Waals surface area contributed by atoms with Crippen LogP contribution >= 0.6 is 11.8 Å². The van der Waals surface area contributed by atoms with Gasteiger partial charge in [0.05, 0.1) is 0 Å². The van der Waals surface area contributed by atoms with E-state index in [0.717, 1.165) is 11.4 Å². The summed E-state index contributed by atoms with van der Waals surface area (Å²) in [4.78, 5) is 15.7. The molecule has 0 spiro atoms. The van der Waals surface area contributed by atoms with Crippen LogP contribution in [0.1, 0.15) is 16.1 Å². The Morgan fingerprint density at radius 2 is 2.17 bits per heavy atom. The van der Waals surface area contributed by atoms with Crippen molar-refractivity contribution in [1.29, 1.82) is 0 Å². The zero-order valence-electron chi connectivity index (χ0n) is 10.1. The molecule has 0 unspecified atom stereocenters. The number of rotatable bonds is 4. The number of benzene rings is 1. The molecule has 0 aliphatic carbocycles. The first-order valence-corrected chi connectivity index (χ1v) is 6.67. The second-order valence-corrected chi connectivity index (χ2v) is 4.74. The maximum atomic E-state index is 11.8. The normalized spacial score (nSPS) is 10.9. The molecule has 0 N–H and O–H groups in total. The topological polar surface area (TPSA) is 34.9 Å². The van der Waals surface area contributed by atoms with Crippen LogP contribution in [0, 0.1) is 6.92 Å². The van der Waals surface area contributed by atoms with Crippen LogP contribution in [0.25, 0.3) is 0 Å². The lowest BCUT2D eigenvalue weighted by Gasteiger charge is -1.98. The zero-order chi connectivity index (χ0) is 12.8. The van der Waals surface area contributed by atoms with Crippen LogP contribution in [0.2, 0.25) is 0 Å². The predicted molar refractivity (Wildman–Crippen MR) is 74.5 cm³/mol. The molecular weight excluding hydrogens is 244 g/mol. The molecule has 0 saturated carbocycles. The monoisotopic (exact) mass is 258 g/mol. The quantitative estimate of drug-likeness (QED) is 0.789. The van der Waals surface area contributed by atoms with Crippen LogP contribution in [0.3, 0.4) is 0 Å². The molecule has 0 aliphatic heterocycles. The summed E-state index contributed by atoms with van der Waals surface area (Å²) in [6.07, 6.45) is 4.77. The SMILES string of the molecule is Cc1cncn1C(=O)/C=C\SCc1ccccc1. The third-order valence-corrected chi connectivity index (χ3v) is 3.29. The molecule has 0 atom stereocenters. The smallest absolute Gasteiger partial charge is 0.256 e. The minimum Gasteiger partial charge on any atom is -0.270 e. The van der Waals surface area contributed by atoms with Gasteiger partial charge in [-0.2, -0.15) is 0 Å². The third kappa shape index (κ3) is 3.34. The van der Waals surface area contributed by atoms with Crippen LogP contribution in [-0.2, 0) is 5.75 Å². The average Bonchev–Trinajstić information content (AvgIpc) is 2.82. The summed E-state index contributed by atoms with van der Waals surface area (Å²) >= 11 is 1.60. The van der Waals surface area contributed by atoms with Gasteiger partial charge in [0.15, 0.2) is 0 Å². The minimum absolute atomic E-state index is 0.0643. The van der Waals surface area contributed by atoms with Gasteiger partial charge in [0, 0.05) is 23.7 Å². The van der Waals surface area contributed by atoms with Crippen molar-refractivity contribution in [2.45, 2.75) is 12.7 Å². The number of aromatic nitrogens is 2. The van der Waals surface area contributed by atoms with Gasteiger partial charge in [-0.15, -0.1) is 11.8 Å². The van der Waals surface area contributed by atoms with Gasteiger partial charge in [0.2, 0.25) is 0 Å². The van der Waals surface area contributed by atoms with Crippen molar-refractivity contribution in [3.05, 3.63) is 65.6 Å². The maximum Gasteiger partial charge on any atom is 0.256 e. The zero-order valence-corrected chi connectivity index (χ0v) is 10.9. The van der Waals surface area contributed by atoms with E-state index in [1.807, 2.05) is 30.5 Å². The largest absolute Gasteiger partial charge is 0.270 e. The van der Waals surface area contributed by atoms with Gasteiger partial charge in [0.1, 0.15) is 6.33 Å². The highest BCUT2D eigenvalue weighted by atomic mass is 32.2. The number of carbonyl (C=O) groups excluding carboxylic acids is 1. The van der Waals surface area contributed by atoms with Crippen molar-refractivity contribution in [1.82, 2.24) is 9.55 Å². The van der Waals surface area contributed by atoms with Crippen LogP contribution in [-0.4, -0.2) is 15.5 Å². The summed E-state index contributed by atoms with van der Waals surface area (Å²) in [5.74, 6) is 0.804. The van der Waals surface area contributed by atoms with E-state index in [0.29, 0.717) is 0 Å². The minimum atomic E-state index is -0.0643. The predicted octanol–water partition coefficient (Wildman–Crippen LogP) is 3.28. The van der Waals surface area contributed by atoms with Crippen molar-refractivity contribution in [3.63, 3.8) is 0 Å². The molecule has 3 nitrogen and oxygen atoms in total. The van der Waals surface area contributed by atoms with E-state index < -0.39 is 0 Å². The molecule has 0 fully saturated rings. The summed E-state index contributed by atoms with van der Waals surface area (Å²) in [5.41, 5.74) is 2.09. The summed E-state index contributed by atoms with van der Waals surface area (Å²) in [6, 6.07) is 10.2. The Labute approximate surface area is 111 Å². The Kier molecular flexibility index (Phi) is 4.36. The van der Waals surface area contributed by atoms with E-state index in [-0.39, 0.29) is 5.91 Å². The fraction of sp³-hybridized carbons (Fsp3) is 0.143. The maximum absolute atomic E-state index is 11.8. The second kappa shape index (κ2) is 6.21. The highest BCUT2D eigenvalue weighted by molar-refractivity contribution is 8.01. The van der Waals surface area contributed by atoms with Gasteiger partial charge < -0.3 is 0 Å². The third-order valence-electron chi connectivity index (χ3n) is 2.46. The van der Waals surface area contributed by atoms with E-state index in [4.69, 9.17) is 0 Å². The van der Waals surface area contributed by atoms with E-state index in [1.54, 1.807) is 24.0 Å². The number of hydrogen-bond acceptors (Lipinski definition) is 3. The lowest BCUT2D eigenvalue weighted by atomic mass is 10.2. The molecule has 0 amide bonds. The summed E-state index contributed by atoms with van der Waals surface area (Å²) in [6.45, 7) is 1.86. The molecule has 0 saturated heterocycles. The van der Waals surface area contributed by atoms with Crippen LogP contribution in [0.4, 0.5) is 0 Å². The first-order chi connectivity index (χ1) is 8.77. The Morgan fingerprint density at radius 3 is 2.83 bits per heavy atom. The Morgan fingerprint density at radius 1 is 1.39 bits per heavy atom. The number of imidazole rings is 1. The summed E-state index contributed by atoms with van der Waals surface area (Å²) in [5, 5.41) is 1.83. The van der Waals surface area contributed by atoms with E-state index in [9.17, 15) is 4.79 Å². The Hall–Kier alpha value is -1.81. The van der Waals surface area contributed by atoms with E-state index >= 15 is 0 Å². The van der Waals surface area contributed by atoms with Gasteiger partial charge in [-0.1, -0.05) is 30.3 Å². The standard InChI is InChI=1S/C14H14N2OS/c1-12-9-15-11-16(12)14(17)7-8-18-10-13-5-3-2-4-6-13/h2-9,11H,10H2,1H3/b8-7-. The molecule has 1 aromatic carbocycles. The highest BCUT2D eigenvalue weighted by Crippen LogP contribution is 2.12. The second-order valence-electron chi connectivity index (χ2n) is 3.84. The average molecular weight is 258 g/mol. The van der Waals surface area contributed by atoms with Crippen molar-refractivity contribution in [3.8, 4) is 0 Å². The van der Waals surface area contributed by atoms with Gasteiger partial charge in [0.25, 0.3) is 5.91 Å². The molecule has 2 rings (SSSR count). The van der Waals surface area contributed by atoms with Crippen molar-refractivity contribution < 1.29 is 4.79 Å². The van der Waals surface area contributed by atoms with Crippen molar-refractivity contribution >= 4 is 17.7 Å². The molecule has 1 aromatic heterocycles.